The molecular formula is C6H15BN2-. The van der Waals surface area contributed by atoms with Crippen LogP contribution < -0.4 is 0 Å². The average molecular weight is 126 g/mol. The number of rotatable bonds is 4. The first kappa shape index (κ1) is 8.98. The summed E-state index contributed by atoms with van der Waals surface area (Å²) in [5.41, 5.74) is 0. The molecular weight excluding hydrogens is 111 g/mol. The third-order valence-electron chi connectivity index (χ3n) is 1.12. The van der Waals surface area contributed by atoms with Crippen molar-refractivity contribution in [3.8, 4) is 0 Å². The lowest BCUT2D eigenvalue weighted by atomic mass is 10.3. The SMILES string of the molecule is [B-]N(C)CCCN(C)C. The van der Waals surface area contributed by atoms with E-state index in [1.54, 1.807) is 4.81 Å². The molecule has 0 aliphatic heterocycles. The van der Waals surface area contributed by atoms with Gasteiger partial charge in [0.15, 0.2) is 0 Å². The molecule has 9 heavy (non-hydrogen) atoms. The highest BCUT2D eigenvalue weighted by Gasteiger charge is 1.86. The molecule has 0 aliphatic carbocycles. The molecule has 0 bridgehead atoms. The quantitative estimate of drug-likeness (QED) is 0.487. The number of nitrogens with zero attached hydrogens (tertiary/aromatic N) is 2. The standard InChI is InChI=1S/C6H15BN2/c1-8(2)5-4-6-9(3)7/h4-6H2,1-3H3/q-1. The van der Waals surface area contributed by atoms with Gasteiger partial charge in [-0.25, -0.2) is 0 Å². The second kappa shape index (κ2) is 4.83. The predicted molar refractivity (Wildman–Crippen MR) is 41.6 cm³/mol. The summed E-state index contributed by atoms with van der Waals surface area (Å²) in [6.07, 6.45) is 1.14. The third-order valence-corrected chi connectivity index (χ3v) is 1.12. The van der Waals surface area contributed by atoms with Crippen LogP contribution in [0.3, 0.4) is 0 Å². The summed E-state index contributed by atoms with van der Waals surface area (Å²) in [5.74, 6) is 0. The lowest BCUT2D eigenvalue weighted by molar-refractivity contribution is 0.377. The zero-order chi connectivity index (χ0) is 7.28. The van der Waals surface area contributed by atoms with Gasteiger partial charge in [-0.3, -0.25) is 0 Å². The minimum absolute atomic E-state index is 0.970. The summed E-state index contributed by atoms with van der Waals surface area (Å²) in [4.78, 5) is 3.87. The smallest absolute Gasteiger partial charge is 0.00140 e. The highest BCUT2D eigenvalue weighted by molar-refractivity contribution is 6.04. The van der Waals surface area contributed by atoms with Gasteiger partial charge in [-0.05, 0) is 33.6 Å². The summed E-state index contributed by atoms with van der Waals surface area (Å²) in [6, 6.07) is 0. The van der Waals surface area contributed by atoms with Crippen LogP contribution in [-0.2, 0) is 0 Å². The van der Waals surface area contributed by atoms with E-state index in [0.29, 0.717) is 0 Å². The highest BCUT2D eigenvalue weighted by atomic mass is 15.1. The van der Waals surface area contributed by atoms with Gasteiger partial charge in [-0.2, -0.15) is 0 Å². The van der Waals surface area contributed by atoms with Gasteiger partial charge in [0.1, 0.15) is 0 Å². The van der Waals surface area contributed by atoms with Crippen LogP contribution in [0, 0.1) is 0 Å². The van der Waals surface area contributed by atoms with Crippen molar-refractivity contribution in [2.24, 2.45) is 0 Å². The zero-order valence-corrected chi connectivity index (χ0v) is 6.59. The first-order valence-electron chi connectivity index (χ1n) is 3.23. The van der Waals surface area contributed by atoms with Gasteiger partial charge < -0.3 is 17.7 Å². The Morgan fingerprint density at radius 1 is 1.11 bits per heavy atom. The molecule has 0 amide bonds. The van der Waals surface area contributed by atoms with Crippen molar-refractivity contribution in [1.29, 1.82) is 0 Å². The maximum atomic E-state index is 5.39. The monoisotopic (exact) mass is 126 g/mol. The maximum absolute atomic E-state index is 5.39. The van der Waals surface area contributed by atoms with Crippen LogP contribution in [0.4, 0.5) is 0 Å². The number of hydrogen-bond donors (Lipinski definition) is 0. The van der Waals surface area contributed by atoms with Gasteiger partial charge in [0.05, 0.1) is 0 Å². The number of hydrogen-bond acceptors (Lipinski definition) is 2. The molecule has 3 radical (unpaired) electrons. The van der Waals surface area contributed by atoms with E-state index in [-0.39, 0.29) is 0 Å². The normalized spacial score (nSPS) is 11.3. The molecule has 0 unspecified atom stereocenters. The lowest BCUT2D eigenvalue weighted by Crippen LogP contribution is -2.21. The Labute approximate surface area is 59.3 Å². The Kier molecular flexibility index (Phi) is 4.82. The largest absolute Gasteiger partial charge is 0.583 e. The van der Waals surface area contributed by atoms with Crippen molar-refractivity contribution in [3.05, 3.63) is 0 Å². The van der Waals surface area contributed by atoms with Crippen LogP contribution in [0.1, 0.15) is 6.42 Å². The van der Waals surface area contributed by atoms with E-state index < -0.39 is 0 Å². The fraction of sp³-hybridized carbons (Fsp3) is 1.00. The van der Waals surface area contributed by atoms with E-state index in [2.05, 4.69) is 19.0 Å². The topological polar surface area (TPSA) is 6.48 Å². The lowest BCUT2D eigenvalue weighted by Gasteiger charge is -2.26. The van der Waals surface area contributed by atoms with Crippen molar-refractivity contribution in [3.63, 3.8) is 0 Å². The van der Waals surface area contributed by atoms with Gasteiger partial charge in [0.2, 0.25) is 0 Å². The van der Waals surface area contributed by atoms with Crippen LogP contribution in [0.25, 0.3) is 0 Å². The molecule has 0 aliphatic rings. The molecule has 0 heterocycles. The minimum atomic E-state index is 0.970. The van der Waals surface area contributed by atoms with Gasteiger partial charge in [0, 0.05) is 0 Å². The second-order valence-corrected chi connectivity index (χ2v) is 2.64. The first-order valence-corrected chi connectivity index (χ1v) is 3.23. The van der Waals surface area contributed by atoms with E-state index >= 15 is 0 Å². The Morgan fingerprint density at radius 3 is 2.00 bits per heavy atom. The third kappa shape index (κ3) is 7.98. The van der Waals surface area contributed by atoms with E-state index in [1.807, 2.05) is 7.05 Å². The summed E-state index contributed by atoms with van der Waals surface area (Å²) in [7, 11) is 11.4. The van der Waals surface area contributed by atoms with Crippen LogP contribution in [-0.4, -0.2) is 51.9 Å². The van der Waals surface area contributed by atoms with E-state index in [9.17, 15) is 0 Å². The molecule has 0 saturated heterocycles. The average Bonchev–Trinajstić information content (AvgIpc) is 1.63. The summed E-state index contributed by atoms with van der Waals surface area (Å²) in [5, 5.41) is 0. The minimum Gasteiger partial charge on any atom is -0.583 e. The van der Waals surface area contributed by atoms with Crippen LogP contribution >= 0.6 is 0 Å². The Morgan fingerprint density at radius 2 is 1.67 bits per heavy atom. The Balaban J connectivity index is 2.91. The van der Waals surface area contributed by atoms with Crippen molar-refractivity contribution in [2.45, 2.75) is 6.42 Å². The first-order chi connectivity index (χ1) is 4.13. The van der Waals surface area contributed by atoms with Crippen LogP contribution in [0.2, 0.25) is 0 Å². The van der Waals surface area contributed by atoms with E-state index in [1.165, 1.54) is 0 Å². The molecule has 53 valence electrons. The Bertz CT molecular complexity index is 56.1. The van der Waals surface area contributed by atoms with Crippen molar-refractivity contribution >= 4 is 7.98 Å². The van der Waals surface area contributed by atoms with Crippen molar-refractivity contribution in [2.75, 3.05) is 34.2 Å². The fourth-order valence-electron chi connectivity index (χ4n) is 0.636. The summed E-state index contributed by atoms with van der Waals surface area (Å²) in [6.45, 7) is 2.08. The molecule has 2 nitrogen and oxygen atoms in total. The molecule has 0 atom stereocenters. The van der Waals surface area contributed by atoms with Crippen molar-refractivity contribution in [1.82, 2.24) is 9.71 Å². The molecule has 0 saturated carbocycles. The zero-order valence-electron chi connectivity index (χ0n) is 6.59. The van der Waals surface area contributed by atoms with Gasteiger partial charge in [0.25, 0.3) is 0 Å². The molecule has 0 aromatic heterocycles. The predicted octanol–water partition coefficient (Wildman–Crippen LogP) is -0.0466. The second-order valence-electron chi connectivity index (χ2n) is 2.64. The van der Waals surface area contributed by atoms with Crippen LogP contribution in [0.5, 0.6) is 0 Å². The maximum Gasteiger partial charge on any atom is -0.00140 e. The van der Waals surface area contributed by atoms with E-state index in [4.69, 9.17) is 7.98 Å². The van der Waals surface area contributed by atoms with E-state index in [0.717, 1.165) is 19.5 Å². The molecule has 3 heteroatoms. The molecule has 0 fully saturated rings. The highest BCUT2D eigenvalue weighted by Crippen LogP contribution is 1.83. The molecule has 0 aromatic carbocycles. The summed E-state index contributed by atoms with van der Waals surface area (Å²) < 4.78 is 0. The fourth-order valence-corrected chi connectivity index (χ4v) is 0.636. The van der Waals surface area contributed by atoms with Gasteiger partial charge in [-0.1, -0.05) is 7.05 Å². The Hall–Kier alpha value is -0.0151. The molecule has 0 spiro atoms. The van der Waals surface area contributed by atoms with Crippen LogP contribution in [0.15, 0.2) is 0 Å². The van der Waals surface area contributed by atoms with Crippen molar-refractivity contribution < 1.29 is 0 Å². The molecule has 0 aromatic rings. The summed E-state index contributed by atoms with van der Waals surface area (Å²) >= 11 is 0. The molecule has 0 N–H and O–H groups in total. The molecule has 0 rings (SSSR count). The van der Waals surface area contributed by atoms with Gasteiger partial charge in [-0.15, -0.1) is 0 Å². The van der Waals surface area contributed by atoms with Gasteiger partial charge >= 0.3 is 0 Å².